The van der Waals surface area contributed by atoms with Crippen molar-refractivity contribution in [2.45, 2.75) is 23.7 Å². The lowest BCUT2D eigenvalue weighted by Gasteiger charge is -2.20. The molecule has 0 saturated carbocycles. The molecule has 19 heavy (non-hydrogen) atoms. The zero-order valence-corrected chi connectivity index (χ0v) is 13.2. The molecule has 1 N–H and O–H groups in total. The number of rotatable bonds is 10. The molecule has 0 aromatic carbocycles. The average Bonchev–Trinajstić information content (AvgIpc) is 2.85. The monoisotopic (exact) mass is 297 g/mol. The van der Waals surface area contributed by atoms with Crippen LogP contribution in [0.4, 0.5) is 0 Å². The van der Waals surface area contributed by atoms with Gasteiger partial charge in [0.2, 0.25) is 0 Å². The third-order valence-electron chi connectivity index (χ3n) is 2.71. The Balaban J connectivity index is 2.45. The van der Waals surface area contributed by atoms with E-state index in [-0.39, 0.29) is 6.10 Å². The standard InChI is InChI=1S/C15H23NOS2/c1-4-10-16(11-5-2)12-9-13(17)14-7-8-15(19-14)18-6-3/h4-5,7-8,13,17H,1-2,6,9-12H2,3H3. The first kappa shape index (κ1) is 16.5. The number of nitrogens with zero attached hydrogens (tertiary/aromatic N) is 1. The summed E-state index contributed by atoms with van der Waals surface area (Å²) in [6.07, 6.45) is 4.15. The van der Waals surface area contributed by atoms with Crippen molar-refractivity contribution in [2.75, 3.05) is 25.4 Å². The molecule has 0 bridgehead atoms. The summed E-state index contributed by atoms with van der Waals surface area (Å²) in [7, 11) is 0. The van der Waals surface area contributed by atoms with E-state index in [1.54, 1.807) is 11.3 Å². The van der Waals surface area contributed by atoms with Gasteiger partial charge in [0, 0.05) is 24.5 Å². The highest BCUT2D eigenvalue weighted by Crippen LogP contribution is 2.31. The lowest BCUT2D eigenvalue weighted by Crippen LogP contribution is -2.26. The van der Waals surface area contributed by atoms with Gasteiger partial charge >= 0.3 is 0 Å². The molecule has 1 aromatic rings. The van der Waals surface area contributed by atoms with Gasteiger partial charge in [-0.15, -0.1) is 36.3 Å². The Morgan fingerprint density at radius 3 is 2.63 bits per heavy atom. The topological polar surface area (TPSA) is 23.5 Å². The van der Waals surface area contributed by atoms with Crippen molar-refractivity contribution in [1.82, 2.24) is 4.90 Å². The molecule has 0 aliphatic carbocycles. The smallest absolute Gasteiger partial charge is 0.0894 e. The molecule has 1 heterocycles. The largest absolute Gasteiger partial charge is 0.388 e. The van der Waals surface area contributed by atoms with Crippen molar-refractivity contribution < 1.29 is 5.11 Å². The maximum atomic E-state index is 10.2. The average molecular weight is 297 g/mol. The van der Waals surface area contributed by atoms with E-state index in [4.69, 9.17) is 0 Å². The second-order valence-corrected chi connectivity index (χ2v) is 6.91. The van der Waals surface area contributed by atoms with Crippen molar-refractivity contribution >= 4 is 23.1 Å². The molecular formula is C15H23NOS2. The van der Waals surface area contributed by atoms with Crippen molar-refractivity contribution in [3.63, 3.8) is 0 Å². The van der Waals surface area contributed by atoms with E-state index in [1.165, 1.54) is 4.21 Å². The first-order valence-corrected chi connectivity index (χ1v) is 8.36. The molecule has 0 fully saturated rings. The minimum atomic E-state index is -0.367. The molecule has 1 aromatic heterocycles. The van der Waals surface area contributed by atoms with Gasteiger partial charge < -0.3 is 5.11 Å². The lowest BCUT2D eigenvalue weighted by molar-refractivity contribution is 0.152. The van der Waals surface area contributed by atoms with Gasteiger partial charge in [-0.2, -0.15) is 0 Å². The Morgan fingerprint density at radius 2 is 2.05 bits per heavy atom. The van der Waals surface area contributed by atoms with Gasteiger partial charge in [0.25, 0.3) is 0 Å². The van der Waals surface area contributed by atoms with Crippen LogP contribution in [0.5, 0.6) is 0 Å². The van der Waals surface area contributed by atoms with Crippen LogP contribution in [0, 0.1) is 0 Å². The summed E-state index contributed by atoms with van der Waals surface area (Å²) in [6.45, 7) is 12.2. The SMILES string of the molecule is C=CCN(CC=C)CCC(O)c1ccc(SCC)s1. The molecule has 2 nitrogen and oxygen atoms in total. The maximum Gasteiger partial charge on any atom is 0.0894 e. The number of aliphatic hydroxyl groups is 1. The first-order chi connectivity index (χ1) is 9.21. The van der Waals surface area contributed by atoms with Gasteiger partial charge in [-0.1, -0.05) is 19.1 Å². The molecule has 0 saturated heterocycles. The predicted molar refractivity (Wildman–Crippen MR) is 87.1 cm³/mol. The van der Waals surface area contributed by atoms with E-state index < -0.39 is 0 Å². The second kappa shape index (κ2) is 9.37. The van der Waals surface area contributed by atoms with E-state index in [0.29, 0.717) is 0 Å². The van der Waals surface area contributed by atoms with Gasteiger partial charge in [0.05, 0.1) is 10.3 Å². The molecular weight excluding hydrogens is 274 g/mol. The minimum absolute atomic E-state index is 0.367. The summed E-state index contributed by atoms with van der Waals surface area (Å²) in [5.41, 5.74) is 0. The van der Waals surface area contributed by atoms with Crippen LogP contribution in [0.2, 0.25) is 0 Å². The van der Waals surface area contributed by atoms with Crippen molar-refractivity contribution in [1.29, 1.82) is 0 Å². The van der Waals surface area contributed by atoms with Crippen LogP contribution in [0.1, 0.15) is 24.3 Å². The number of hydrogen-bond donors (Lipinski definition) is 1. The van der Waals surface area contributed by atoms with E-state index in [0.717, 1.165) is 36.7 Å². The van der Waals surface area contributed by atoms with Crippen LogP contribution >= 0.6 is 23.1 Å². The normalized spacial score (nSPS) is 12.6. The molecule has 1 atom stereocenters. The second-order valence-electron chi connectivity index (χ2n) is 4.23. The first-order valence-electron chi connectivity index (χ1n) is 6.56. The quantitative estimate of drug-likeness (QED) is 0.522. The zero-order valence-electron chi connectivity index (χ0n) is 11.5. The Labute approximate surface area is 124 Å². The fraction of sp³-hybridized carbons (Fsp3) is 0.467. The van der Waals surface area contributed by atoms with E-state index in [2.05, 4.69) is 31.0 Å². The number of hydrogen-bond acceptors (Lipinski definition) is 4. The fourth-order valence-corrected chi connectivity index (χ4v) is 3.89. The van der Waals surface area contributed by atoms with Crippen LogP contribution in [0.25, 0.3) is 0 Å². The molecule has 0 radical (unpaired) electrons. The van der Waals surface area contributed by atoms with Gasteiger partial charge in [0.15, 0.2) is 0 Å². The minimum Gasteiger partial charge on any atom is -0.388 e. The Bertz CT molecular complexity index is 379. The highest BCUT2D eigenvalue weighted by Gasteiger charge is 2.12. The molecule has 0 aliphatic rings. The number of aliphatic hydroxyl groups excluding tert-OH is 1. The van der Waals surface area contributed by atoms with Crippen molar-refractivity contribution in [3.8, 4) is 0 Å². The van der Waals surface area contributed by atoms with Crippen LogP contribution < -0.4 is 0 Å². The van der Waals surface area contributed by atoms with Gasteiger partial charge in [-0.3, -0.25) is 4.90 Å². The summed E-state index contributed by atoms with van der Waals surface area (Å²) in [4.78, 5) is 3.28. The zero-order chi connectivity index (χ0) is 14.1. The maximum absolute atomic E-state index is 10.2. The third kappa shape index (κ3) is 5.95. The van der Waals surface area contributed by atoms with Crippen LogP contribution in [0.15, 0.2) is 41.7 Å². The van der Waals surface area contributed by atoms with Crippen LogP contribution in [-0.4, -0.2) is 35.4 Å². The summed E-state index contributed by atoms with van der Waals surface area (Å²) in [6, 6.07) is 4.14. The van der Waals surface area contributed by atoms with Crippen LogP contribution in [0.3, 0.4) is 0 Å². The number of thiophene rings is 1. The molecule has 106 valence electrons. The predicted octanol–water partition coefficient (Wildman–Crippen LogP) is 3.96. The van der Waals surface area contributed by atoms with E-state index in [1.807, 2.05) is 30.0 Å². The molecule has 4 heteroatoms. The molecule has 0 aliphatic heterocycles. The third-order valence-corrected chi connectivity index (χ3v) is 5.00. The Kier molecular flexibility index (Phi) is 8.14. The fourth-order valence-electron chi connectivity index (χ4n) is 1.80. The Morgan fingerprint density at radius 1 is 1.37 bits per heavy atom. The Hall–Kier alpha value is -0.550. The van der Waals surface area contributed by atoms with Gasteiger partial charge in [0.1, 0.15) is 0 Å². The molecule has 1 unspecified atom stereocenters. The van der Waals surface area contributed by atoms with Crippen LogP contribution in [-0.2, 0) is 0 Å². The summed E-state index contributed by atoms with van der Waals surface area (Å²) < 4.78 is 1.28. The van der Waals surface area contributed by atoms with E-state index >= 15 is 0 Å². The van der Waals surface area contributed by atoms with Gasteiger partial charge in [-0.05, 0) is 24.3 Å². The van der Waals surface area contributed by atoms with Crippen molar-refractivity contribution in [3.05, 3.63) is 42.3 Å². The lowest BCUT2D eigenvalue weighted by atomic mass is 10.2. The highest BCUT2D eigenvalue weighted by molar-refractivity contribution is 8.01. The summed E-state index contributed by atoms with van der Waals surface area (Å²) in [5.74, 6) is 1.07. The van der Waals surface area contributed by atoms with Crippen molar-refractivity contribution in [2.24, 2.45) is 0 Å². The molecule has 0 spiro atoms. The highest BCUT2D eigenvalue weighted by atomic mass is 32.2. The van der Waals surface area contributed by atoms with E-state index in [9.17, 15) is 5.11 Å². The summed E-state index contributed by atoms with van der Waals surface area (Å²) >= 11 is 3.52. The number of thioether (sulfide) groups is 1. The molecule has 0 amide bonds. The van der Waals surface area contributed by atoms with Gasteiger partial charge in [-0.25, -0.2) is 0 Å². The summed E-state index contributed by atoms with van der Waals surface area (Å²) in [5, 5.41) is 10.2. The molecule has 1 rings (SSSR count).